The third kappa shape index (κ3) is 8.70. The van der Waals surface area contributed by atoms with Gasteiger partial charge in [-0.1, -0.05) is 52.4 Å². The molecule has 0 amide bonds. The summed E-state index contributed by atoms with van der Waals surface area (Å²) in [6.07, 6.45) is 12.9. The summed E-state index contributed by atoms with van der Waals surface area (Å²) in [5, 5.41) is 0. The first-order chi connectivity index (χ1) is 13.6. The largest absolute Gasteiger partial charge is 0.550 e. The van der Waals surface area contributed by atoms with Crippen molar-refractivity contribution in [2.24, 2.45) is 11.8 Å². The highest BCUT2D eigenvalue weighted by Gasteiger charge is 2.27. The monoisotopic (exact) mass is 398 g/mol. The standard InChI is InChI=1S/C22H38O6/c1-3-5-7-17-9-13-19(14-10-17)25-21(23)27-28-22(24)26-20-15-11-18(12-16-20)8-6-4-2/h17-20H,3-16H2,1-2H3. The second-order valence-electron chi connectivity index (χ2n) is 8.47. The third-order valence-corrected chi connectivity index (χ3v) is 6.22. The zero-order valence-electron chi connectivity index (χ0n) is 17.7. The molecule has 2 saturated carbocycles. The lowest BCUT2D eigenvalue weighted by Gasteiger charge is -2.28. The smallest absolute Gasteiger partial charge is 0.428 e. The van der Waals surface area contributed by atoms with Gasteiger partial charge in [0.2, 0.25) is 0 Å². The molecule has 0 aromatic heterocycles. The molecule has 0 atom stereocenters. The molecule has 0 N–H and O–H groups in total. The van der Waals surface area contributed by atoms with E-state index in [1.54, 1.807) is 0 Å². The van der Waals surface area contributed by atoms with Crippen LogP contribution in [-0.4, -0.2) is 24.5 Å². The lowest BCUT2D eigenvalue weighted by Crippen LogP contribution is -2.27. The molecule has 0 bridgehead atoms. The Balaban J connectivity index is 1.54. The number of rotatable bonds is 8. The molecule has 162 valence electrons. The summed E-state index contributed by atoms with van der Waals surface area (Å²) >= 11 is 0. The van der Waals surface area contributed by atoms with Gasteiger partial charge in [-0.2, -0.15) is 19.4 Å². The van der Waals surface area contributed by atoms with Crippen molar-refractivity contribution in [2.45, 2.75) is 116 Å². The van der Waals surface area contributed by atoms with E-state index < -0.39 is 12.3 Å². The Morgan fingerprint density at radius 2 is 1.00 bits per heavy atom. The summed E-state index contributed by atoms with van der Waals surface area (Å²) in [5.41, 5.74) is 0. The van der Waals surface area contributed by atoms with Crippen molar-refractivity contribution in [2.75, 3.05) is 0 Å². The molecule has 6 heteroatoms. The number of unbranched alkanes of at least 4 members (excludes halogenated alkanes) is 2. The lowest BCUT2D eigenvalue weighted by molar-refractivity contribution is -0.226. The van der Waals surface area contributed by atoms with Gasteiger partial charge >= 0.3 is 12.3 Å². The van der Waals surface area contributed by atoms with Gasteiger partial charge in [0.25, 0.3) is 0 Å². The Morgan fingerprint density at radius 1 is 0.643 bits per heavy atom. The van der Waals surface area contributed by atoms with E-state index in [9.17, 15) is 9.59 Å². The molecule has 28 heavy (non-hydrogen) atoms. The first kappa shape index (κ1) is 22.8. The fourth-order valence-corrected chi connectivity index (χ4v) is 4.44. The van der Waals surface area contributed by atoms with E-state index >= 15 is 0 Å². The Labute approximate surface area is 169 Å². The van der Waals surface area contributed by atoms with Gasteiger partial charge in [0.15, 0.2) is 0 Å². The maximum Gasteiger partial charge on any atom is 0.550 e. The van der Waals surface area contributed by atoms with E-state index in [2.05, 4.69) is 23.6 Å². The van der Waals surface area contributed by atoms with Crippen molar-refractivity contribution in [3.8, 4) is 0 Å². The highest BCUT2D eigenvalue weighted by molar-refractivity contribution is 5.63. The number of ether oxygens (including phenoxy) is 2. The first-order valence-corrected chi connectivity index (χ1v) is 11.4. The zero-order valence-corrected chi connectivity index (χ0v) is 17.7. The third-order valence-electron chi connectivity index (χ3n) is 6.22. The van der Waals surface area contributed by atoms with Crippen LogP contribution in [0.1, 0.15) is 104 Å². The quantitative estimate of drug-likeness (QED) is 0.257. The van der Waals surface area contributed by atoms with Gasteiger partial charge in [-0.3, -0.25) is 0 Å². The zero-order chi connectivity index (χ0) is 20.2. The van der Waals surface area contributed by atoms with Crippen LogP contribution in [0, 0.1) is 11.8 Å². The SMILES string of the molecule is CCCCC1CCC(OC(=O)OOC(=O)OC2CCC(CCCC)CC2)CC1. The summed E-state index contributed by atoms with van der Waals surface area (Å²) in [6, 6.07) is 0. The van der Waals surface area contributed by atoms with Crippen LogP contribution in [-0.2, 0) is 19.2 Å². The Kier molecular flexibility index (Phi) is 10.5. The van der Waals surface area contributed by atoms with Crippen molar-refractivity contribution in [1.82, 2.24) is 0 Å². The molecule has 6 nitrogen and oxygen atoms in total. The Hall–Kier alpha value is -1.46. The molecule has 2 aliphatic rings. The van der Waals surface area contributed by atoms with Crippen molar-refractivity contribution < 1.29 is 28.8 Å². The topological polar surface area (TPSA) is 71.1 Å². The average Bonchev–Trinajstić information content (AvgIpc) is 2.71. The molecule has 0 aliphatic heterocycles. The van der Waals surface area contributed by atoms with E-state index in [1.165, 1.54) is 38.5 Å². The van der Waals surface area contributed by atoms with E-state index in [-0.39, 0.29) is 12.2 Å². The minimum Gasteiger partial charge on any atom is -0.428 e. The minimum absolute atomic E-state index is 0.150. The molecule has 2 fully saturated rings. The summed E-state index contributed by atoms with van der Waals surface area (Å²) in [7, 11) is 0. The molecule has 0 radical (unpaired) electrons. The van der Waals surface area contributed by atoms with Gasteiger partial charge < -0.3 is 9.47 Å². The van der Waals surface area contributed by atoms with Gasteiger partial charge in [0.05, 0.1) is 0 Å². The van der Waals surface area contributed by atoms with Crippen LogP contribution in [0.15, 0.2) is 0 Å². The number of carbonyl (C=O) groups excluding carboxylic acids is 2. The van der Waals surface area contributed by atoms with E-state index in [0.29, 0.717) is 0 Å². The van der Waals surface area contributed by atoms with Gasteiger partial charge in [-0.15, -0.1) is 0 Å². The second-order valence-corrected chi connectivity index (χ2v) is 8.47. The van der Waals surface area contributed by atoms with Crippen molar-refractivity contribution in [3.63, 3.8) is 0 Å². The predicted octanol–water partition coefficient (Wildman–Crippen LogP) is 6.71. The summed E-state index contributed by atoms with van der Waals surface area (Å²) in [6.45, 7) is 4.41. The number of hydrogen-bond donors (Lipinski definition) is 0. The summed E-state index contributed by atoms with van der Waals surface area (Å²) in [5.74, 6) is 1.47. The van der Waals surface area contributed by atoms with Crippen molar-refractivity contribution >= 4 is 12.3 Å². The second kappa shape index (κ2) is 12.9. The number of hydrogen-bond acceptors (Lipinski definition) is 6. The maximum absolute atomic E-state index is 11.7. The van der Waals surface area contributed by atoms with Crippen LogP contribution in [0.3, 0.4) is 0 Å². The highest BCUT2D eigenvalue weighted by atomic mass is 17.3. The molecular weight excluding hydrogens is 360 g/mol. The molecule has 0 aromatic rings. The Morgan fingerprint density at radius 3 is 1.32 bits per heavy atom. The Bertz CT molecular complexity index is 408. The molecule has 0 saturated heterocycles. The minimum atomic E-state index is -0.961. The van der Waals surface area contributed by atoms with Crippen LogP contribution in [0.25, 0.3) is 0 Å². The highest BCUT2D eigenvalue weighted by Crippen LogP contribution is 2.31. The van der Waals surface area contributed by atoms with Crippen LogP contribution < -0.4 is 0 Å². The molecule has 0 spiro atoms. The lowest BCUT2D eigenvalue weighted by atomic mass is 9.84. The maximum atomic E-state index is 11.7. The van der Waals surface area contributed by atoms with Gasteiger partial charge in [0, 0.05) is 0 Å². The fourth-order valence-electron chi connectivity index (χ4n) is 4.44. The first-order valence-electron chi connectivity index (χ1n) is 11.4. The van der Waals surface area contributed by atoms with E-state index in [4.69, 9.17) is 9.47 Å². The molecular formula is C22H38O6. The normalized spacial score (nSPS) is 27.6. The molecule has 2 rings (SSSR count). The van der Waals surface area contributed by atoms with Crippen molar-refractivity contribution in [3.05, 3.63) is 0 Å². The summed E-state index contributed by atoms with van der Waals surface area (Å²) < 4.78 is 10.5. The molecule has 0 aromatic carbocycles. The van der Waals surface area contributed by atoms with Gasteiger partial charge in [-0.25, -0.2) is 0 Å². The van der Waals surface area contributed by atoms with Crippen molar-refractivity contribution in [1.29, 1.82) is 0 Å². The van der Waals surface area contributed by atoms with E-state index in [0.717, 1.165) is 63.2 Å². The van der Waals surface area contributed by atoms with Crippen LogP contribution in [0.2, 0.25) is 0 Å². The van der Waals surface area contributed by atoms with Gasteiger partial charge in [-0.05, 0) is 63.2 Å². The predicted molar refractivity (Wildman–Crippen MR) is 106 cm³/mol. The molecule has 2 aliphatic carbocycles. The van der Waals surface area contributed by atoms with Gasteiger partial charge in [0.1, 0.15) is 12.2 Å². The number of carbonyl (C=O) groups is 2. The van der Waals surface area contributed by atoms with Crippen LogP contribution >= 0.6 is 0 Å². The fraction of sp³-hybridized carbons (Fsp3) is 0.909. The average molecular weight is 399 g/mol. The molecule has 0 heterocycles. The van der Waals surface area contributed by atoms with E-state index in [1.807, 2.05) is 0 Å². The summed E-state index contributed by atoms with van der Waals surface area (Å²) in [4.78, 5) is 32.4. The van der Waals surface area contributed by atoms with Crippen LogP contribution in [0.4, 0.5) is 9.59 Å². The van der Waals surface area contributed by atoms with Crippen LogP contribution in [0.5, 0.6) is 0 Å². The molecule has 0 unspecified atom stereocenters.